The molecular weight excluding hydrogens is 443 g/mol. The number of halogens is 3. The minimum Gasteiger partial charge on any atom is -0.478 e. The fraction of sp³-hybridized carbons (Fsp3) is 0.227. The lowest BCUT2D eigenvalue weighted by molar-refractivity contribution is -0.274. The van der Waals surface area contributed by atoms with Crippen LogP contribution in [0.25, 0.3) is 10.9 Å². The van der Waals surface area contributed by atoms with Gasteiger partial charge >= 0.3 is 12.3 Å². The number of nitrogens with zero attached hydrogens (tertiary/aromatic N) is 2. The molecule has 172 valence electrons. The summed E-state index contributed by atoms with van der Waals surface area (Å²) in [6.45, 7) is 1.36. The van der Waals surface area contributed by atoms with Crippen molar-refractivity contribution in [3.8, 4) is 5.75 Å². The third-order valence-electron chi connectivity index (χ3n) is 5.02. The van der Waals surface area contributed by atoms with Gasteiger partial charge in [-0.25, -0.2) is 4.79 Å². The number of fused-ring (bicyclic) bond motifs is 1. The summed E-state index contributed by atoms with van der Waals surface area (Å²) in [5.41, 5.74) is 0.579. The van der Waals surface area contributed by atoms with E-state index in [0.29, 0.717) is 31.8 Å². The zero-order valence-electron chi connectivity index (χ0n) is 17.1. The van der Waals surface area contributed by atoms with Crippen LogP contribution in [0.5, 0.6) is 5.75 Å². The largest absolute Gasteiger partial charge is 0.573 e. The maximum Gasteiger partial charge on any atom is 0.573 e. The summed E-state index contributed by atoms with van der Waals surface area (Å²) in [5, 5.41) is 12.6. The monoisotopic (exact) mass is 461 g/mol. The highest BCUT2D eigenvalue weighted by atomic mass is 19.4. The Morgan fingerprint density at radius 3 is 2.52 bits per heavy atom. The molecule has 0 saturated carbocycles. The molecule has 0 spiro atoms. The summed E-state index contributed by atoms with van der Waals surface area (Å²) in [4.78, 5) is 30.7. The number of anilines is 2. The van der Waals surface area contributed by atoms with Crippen LogP contribution in [0.3, 0.4) is 0 Å². The van der Waals surface area contributed by atoms with E-state index < -0.39 is 24.0 Å². The lowest BCUT2D eigenvalue weighted by atomic mass is 10.1. The molecule has 33 heavy (non-hydrogen) atoms. The van der Waals surface area contributed by atoms with Gasteiger partial charge in [0.1, 0.15) is 5.75 Å². The maximum absolute atomic E-state index is 13.2. The molecule has 11 heteroatoms. The Kier molecular flexibility index (Phi) is 6.05. The summed E-state index contributed by atoms with van der Waals surface area (Å²) >= 11 is 0. The Hall–Kier alpha value is -3.86. The van der Waals surface area contributed by atoms with E-state index in [1.54, 1.807) is 6.07 Å². The number of carboxylic acids is 1. The number of carboxylic acid groups (broad SMARTS) is 1. The molecule has 2 heterocycles. The molecule has 1 aliphatic rings. The van der Waals surface area contributed by atoms with Crippen LogP contribution >= 0.6 is 0 Å². The first kappa shape index (κ1) is 22.3. The van der Waals surface area contributed by atoms with Gasteiger partial charge in [0.05, 0.1) is 41.2 Å². The molecule has 8 nitrogen and oxygen atoms in total. The van der Waals surface area contributed by atoms with Crippen LogP contribution in [-0.2, 0) is 4.74 Å². The zero-order valence-corrected chi connectivity index (χ0v) is 17.1. The van der Waals surface area contributed by atoms with Gasteiger partial charge in [-0.1, -0.05) is 12.1 Å². The van der Waals surface area contributed by atoms with Gasteiger partial charge in [0.25, 0.3) is 5.91 Å². The van der Waals surface area contributed by atoms with E-state index in [1.165, 1.54) is 35.4 Å². The molecule has 0 unspecified atom stereocenters. The molecular formula is C22H18F3N3O5. The normalized spacial score (nSPS) is 14.2. The first-order valence-electron chi connectivity index (χ1n) is 9.88. The van der Waals surface area contributed by atoms with E-state index in [-0.39, 0.29) is 27.9 Å². The fourth-order valence-corrected chi connectivity index (χ4v) is 3.52. The number of aromatic carboxylic acids is 1. The van der Waals surface area contributed by atoms with Crippen molar-refractivity contribution >= 4 is 34.2 Å². The fourth-order valence-electron chi connectivity index (χ4n) is 3.52. The highest BCUT2D eigenvalue weighted by molar-refractivity contribution is 6.09. The van der Waals surface area contributed by atoms with Gasteiger partial charge in [-0.05, 0) is 30.3 Å². The van der Waals surface area contributed by atoms with Crippen molar-refractivity contribution in [3.05, 3.63) is 59.8 Å². The Bertz CT molecular complexity index is 1210. The number of amides is 1. The van der Waals surface area contributed by atoms with Gasteiger partial charge in [0.2, 0.25) is 0 Å². The van der Waals surface area contributed by atoms with E-state index in [1.807, 2.05) is 0 Å². The second kappa shape index (κ2) is 8.94. The van der Waals surface area contributed by atoms with E-state index in [9.17, 15) is 27.9 Å². The van der Waals surface area contributed by atoms with Crippen LogP contribution in [0.15, 0.2) is 48.7 Å². The standard InChI is InChI=1S/C22H18F3N3O5/c23-22(24,25)33-13-5-6-17-15(11-13)19(27-18-4-2-1-3-14(18)21(30)31)16(12-26-17)20(29)28-7-9-32-10-8-28/h1-6,11-12H,7-10H2,(H,26,27)(H,30,31). The summed E-state index contributed by atoms with van der Waals surface area (Å²) in [6, 6.07) is 9.55. The number of morpholine rings is 1. The second-order valence-electron chi connectivity index (χ2n) is 7.15. The van der Waals surface area contributed by atoms with Crippen molar-refractivity contribution in [2.24, 2.45) is 0 Å². The third kappa shape index (κ3) is 4.98. The summed E-state index contributed by atoms with van der Waals surface area (Å²) < 4.78 is 47.7. The highest BCUT2D eigenvalue weighted by Crippen LogP contribution is 2.35. The highest BCUT2D eigenvalue weighted by Gasteiger charge is 2.31. The average Bonchev–Trinajstić information content (AvgIpc) is 2.78. The predicted octanol–water partition coefficient (Wildman–Crippen LogP) is 4.05. The maximum atomic E-state index is 13.2. The van der Waals surface area contributed by atoms with Crippen molar-refractivity contribution in [2.45, 2.75) is 6.36 Å². The van der Waals surface area contributed by atoms with Gasteiger partial charge in [0.15, 0.2) is 0 Å². The molecule has 2 N–H and O–H groups in total. The Morgan fingerprint density at radius 2 is 1.82 bits per heavy atom. The summed E-state index contributed by atoms with van der Waals surface area (Å²) in [5.74, 6) is -2.12. The number of benzene rings is 2. The number of pyridine rings is 1. The molecule has 1 amide bonds. The molecule has 1 aliphatic heterocycles. The van der Waals surface area contributed by atoms with E-state index >= 15 is 0 Å². The SMILES string of the molecule is O=C(O)c1ccccc1Nc1c(C(=O)N2CCOCC2)cnc2ccc(OC(F)(F)F)cc12. The number of ether oxygens (including phenoxy) is 2. The van der Waals surface area contributed by atoms with Gasteiger partial charge in [-0.3, -0.25) is 9.78 Å². The van der Waals surface area contributed by atoms with Crippen LogP contribution in [0, 0.1) is 0 Å². The number of para-hydroxylation sites is 1. The molecule has 0 radical (unpaired) electrons. The number of aromatic nitrogens is 1. The van der Waals surface area contributed by atoms with Gasteiger partial charge in [0, 0.05) is 24.7 Å². The number of carbonyl (C=O) groups is 2. The number of nitrogens with one attached hydrogen (secondary N) is 1. The number of carbonyl (C=O) groups excluding carboxylic acids is 1. The van der Waals surface area contributed by atoms with Gasteiger partial charge in [-0.15, -0.1) is 13.2 Å². The first-order valence-corrected chi connectivity index (χ1v) is 9.88. The van der Waals surface area contributed by atoms with Crippen molar-refractivity contribution in [3.63, 3.8) is 0 Å². The number of rotatable bonds is 5. The molecule has 1 saturated heterocycles. The van der Waals surface area contributed by atoms with Gasteiger partial charge in [-0.2, -0.15) is 0 Å². The van der Waals surface area contributed by atoms with Crippen LogP contribution < -0.4 is 10.1 Å². The molecule has 2 aromatic carbocycles. The molecule has 0 atom stereocenters. The molecule has 1 fully saturated rings. The molecule has 1 aromatic heterocycles. The van der Waals surface area contributed by atoms with Crippen LogP contribution in [-0.4, -0.2) is 59.5 Å². The predicted molar refractivity (Wildman–Crippen MR) is 112 cm³/mol. The molecule has 4 rings (SSSR count). The van der Waals surface area contributed by atoms with Crippen molar-refractivity contribution in [1.82, 2.24) is 9.88 Å². The zero-order chi connectivity index (χ0) is 23.6. The first-order chi connectivity index (χ1) is 15.7. The molecule has 0 aliphatic carbocycles. The topological polar surface area (TPSA) is 101 Å². The Morgan fingerprint density at radius 1 is 1.09 bits per heavy atom. The Labute approximate surface area is 185 Å². The average molecular weight is 461 g/mol. The smallest absolute Gasteiger partial charge is 0.478 e. The van der Waals surface area contributed by atoms with Crippen LogP contribution in [0.1, 0.15) is 20.7 Å². The number of hydrogen-bond donors (Lipinski definition) is 2. The van der Waals surface area contributed by atoms with Crippen molar-refractivity contribution < 1.29 is 37.3 Å². The molecule has 3 aromatic rings. The third-order valence-corrected chi connectivity index (χ3v) is 5.02. The van der Waals surface area contributed by atoms with E-state index in [0.717, 1.165) is 12.1 Å². The van der Waals surface area contributed by atoms with Crippen molar-refractivity contribution in [2.75, 3.05) is 31.6 Å². The summed E-state index contributed by atoms with van der Waals surface area (Å²) in [7, 11) is 0. The summed E-state index contributed by atoms with van der Waals surface area (Å²) in [6.07, 6.45) is -3.60. The lowest BCUT2D eigenvalue weighted by Crippen LogP contribution is -2.41. The quantitative estimate of drug-likeness (QED) is 0.591. The second-order valence-corrected chi connectivity index (χ2v) is 7.15. The van der Waals surface area contributed by atoms with E-state index in [2.05, 4.69) is 15.0 Å². The molecule has 0 bridgehead atoms. The van der Waals surface area contributed by atoms with Crippen LogP contribution in [0.4, 0.5) is 24.5 Å². The number of hydrogen-bond acceptors (Lipinski definition) is 6. The van der Waals surface area contributed by atoms with Gasteiger partial charge < -0.3 is 24.8 Å². The van der Waals surface area contributed by atoms with E-state index in [4.69, 9.17) is 4.74 Å². The lowest BCUT2D eigenvalue weighted by Gasteiger charge is -2.28. The Balaban J connectivity index is 1.87. The minimum atomic E-state index is -4.91. The van der Waals surface area contributed by atoms with Crippen molar-refractivity contribution in [1.29, 1.82) is 0 Å². The number of alkyl halides is 3. The van der Waals surface area contributed by atoms with Crippen LogP contribution in [0.2, 0.25) is 0 Å². The minimum absolute atomic E-state index is 0.0741.